The zero-order valence-corrected chi connectivity index (χ0v) is 10.2. The molecule has 2 aliphatic rings. The Balaban J connectivity index is 1.57. The van der Waals surface area contributed by atoms with Crippen molar-refractivity contribution in [3.8, 4) is 0 Å². The van der Waals surface area contributed by atoms with Gasteiger partial charge in [-0.2, -0.15) is 0 Å². The third-order valence-electron chi connectivity index (χ3n) is 3.12. The topological polar surface area (TPSA) is 31.0 Å². The van der Waals surface area contributed by atoms with Crippen molar-refractivity contribution >= 4 is 11.6 Å². The smallest absolute Gasteiger partial charge is 0.160 e. The second-order valence-corrected chi connectivity index (χ2v) is 4.78. The van der Waals surface area contributed by atoms with Crippen molar-refractivity contribution in [1.82, 2.24) is 0 Å². The summed E-state index contributed by atoms with van der Waals surface area (Å²) < 4.78 is 16.7. The predicted octanol–water partition coefficient (Wildman–Crippen LogP) is 2.93. The van der Waals surface area contributed by atoms with E-state index in [1.165, 1.54) is 0 Å². The fraction of sp³-hybridized carbons (Fsp3) is 0.538. The molecule has 92 valence electrons. The molecule has 2 aliphatic heterocycles. The summed E-state index contributed by atoms with van der Waals surface area (Å²) in [5.41, 5.74) is 1.06. The number of halogens is 1. The molecule has 2 fully saturated rings. The minimum Gasteiger partial charge on any atom is -0.364 e. The Morgan fingerprint density at radius 2 is 1.94 bits per heavy atom. The van der Waals surface area contributed by atoms with Gasteiger partial charge in [-0.05, 0) is 12.5 Å². The van der Waals surface area contributed by atoms with Gasteiger partial charge in [-0.1, -0.05) is 29.8 Å². The van der Waals surface area contributed by atoms with Crippen molar-refractivity contribution < 1.29 is 14.2 Å². The van der Waals surface area contributed by atoms with Gasteiger partial charge >= 0.3 is 0 Å². The van der Waals surface area contributed by atoms with E-state index in [0.717, 1.165) is 36.6 Å². The van der Waals surface area contributed by atoms with Crippen molar-refractivity contribution in [2.24, 2.45) is 0 Å². The van der Waals surface area contributed by atoms with Gasteiger partial charge in [0.2, 0.25) is 0 Å². The van der Waals surface area contributed by atoms with Gasteiger partial charge in [0.15, 0.2) is 6.29 Å². The quantitative estimate of drug-likeness (QED) is 0.777. The third-order valence-corrected chi connectivity index (χ3v) is 3.46. The maximum absolute atomic E-state index is 6.12. The molecule has 3 rings (SSSR count). The zero-order valence-electron chi connectivity index (χ0n) is 9.47. The van der Waals surface area contributed by atoms with Gasteiger partial charge in [0, 0.05) is 17.0 Å². The Kier molecular flexibility index (Phi) is 3.34. The van der Waals surface area contributed by atoms with Crippen molar-refractivity contribution in [3.63, 3.8) is 0 Å². The first kappa shape index (κ1) is 11.5. The molecular formula is C13H15ClO3. The second kappa shape index (κ2) is 4.94. The van der Waals surface area contributed by atoms with E-state index in [1.54, 1.807) is 0 Å². The molecule has 2 unspecified atom stereocenters. The number of rotatable bonds is 3. The molecule has 17 heavy (non-hydrogen) atoms. The van der Waals surface area contributed by atoms with Crippen molar-refractivity contribution in [3.05, 3.63) is 34.9 Å². The molecule has 2 atom stereocenters. The van der Waals surface area contributed by atoms with E-state index < -0.39 is 0 Å². The van der Waals surface area contributed by atoms with Crippen LogP contribution in [0, 0.1) is 0 Å². The van der Waals surface area contributed by atoms with Crippen LogP contribution in [-0.2, 0) is 14.2 Å². The first-order valence-electron chi connectivity index (χ1n) is 5.97. The van der Waals surface area contributed by atoms with Gasteiger partial charge in [-0.15, -0.1) is 0 Å². The van der Waals surface area contributed by atoms with Crippen molar-refractivity contribution in [2.45, 2.75) is 31.3 Å². The lowest BCUT2D eigenvalue weighted by Gasteiger charge is -2.22. The summed E-state index contributed by atoms with van der Waals surface area (Å²) >= 11 is 6.12. The Morgan fingerprint density at radius 1 is 1.18 bits per heavy atom. The van der Waals surface area contributed by atoms with Crippen LogP contribution in [0.25, 0.3) is 0 Å². The highest BCUT2D eigenvalue weighted by Gasteiger charge is 2.43. The number of hydrogen-bond acceptors (Lipinski definition) is 3. The summed E-state index contributed by atoms with van der Waals surface area (Å²) in [5.74, 6) is 0. The fourth-order valence-electron chi connectivity index (χ4n) is 2.16. The Bertz CT molecular complexity index is 390. The Hall–Kier alpha value is -0.610. The first-order chi connectivity index (χ1) is 8.34. The molecule has 0 saturated carbocycles. The molecule has 4 heteroatoms. The molecule has 3 nitrogen and oxygen atoms in total. The summed E-state index contributed by atoms with van der Waals surface area (Å²) in [6, 6.07) is 7.81. The van der Waals surface area contributed by atoms with Gasteiger partial charge in [0.05, 0.1) is 19.3 Å². The summed E-state index contributed by atoms with van der Waals surface area (Å²) in [6.07, 6.45) is 1.95. The second-order valence-electron chi connectivity index (χ2n) is 4.38. The largest absolute Gasteiger partial charge is 0.364 e. The monoisotopic (exact) mass is 254 g/mol. The standard InChI is InChI=1S/C13H15ClO3/c14-10-5-2-1-4-9(10)13-11(17-13)8-12-15-6-3-7-16-12/h1-2,4-5,11-13H,3,6-8H2. The van der Waals surface area contributed by atoms with Gasteiger partial charge < -0.3 is 14.2 Å². The summed E-state index contributed by atoms with van der Waals surface area (Å²) in [6.45, 7) is 1.57. The predicted molar refractivity (Wildman–Crippen MR) is 64.0 cm³/mol. The molecule has 0 amide bonds. The Labute approximate surface area is 106 Å². The lowest BCUT2D eigenvalue weighted by Crippen LogP contribution is -2.26. The number of ether oxygens (including phenoxy) is 3. The molecular weight excluding hydrogens is 240 g/mol. The van der Waals surface area contributed by atoms with Crippen LogP contribution in [0.4, 0.5) is 0 Å². The minimum absolute atomic E-state index is 0.109. The van der Waals surface area contributed by atoms with Crippen LogP contribution in [0.5, 0.6) is 0 Å². The SMILES string of the molecule is Clc1ccccc1C1OC1CC1OCCCO1. The molecule has 0 radical (unpaired) electrons. The summed E-state index contributed by atoms with van der Waals surface area (Å²) in [4.78, 5) is 0. The maximum Gasteiger partial charge on any atom is 0.160 e. The minimum atomic E-state index is -0.110. The van der Waals surface area contributed by atoms with E-state index in [1.807, 2.05) is 24.3 Å². The van der Waals surface area contributed by atoms with Crippen molar-refractivity contribution in [2.75, 3.05) is 13.2 Å². The first-order valence-corrected chi connectivity index (χ1v) is 6.35. The highest BCUT2D eigenvalue weighted by Crippen LogP contribution is 2.44. The van der Waals surface area contributed by atoms with Gasteiger partial charge in [0.1, 0.15) is 6.10 Å². The van der Waals surface area contributed by atoms with Crippen molar-refractivity contribution in [1.29, 1.82) is 0 Å². The number of epoxide rings is 1. The highest BCUT2D eigenvalue weighted by molar-refractivity contribution is 6.31. The molecule has 0 N–H and O–H groups in total. The van der Waals surface area contributed by atoms with E-state index >= 15 is 0 Å². The van der Waals surface area contributed by atoms with Crippen LogP contribution < -0.4 is 0 Å². The summed E-state index contributed by atoms with van der Waals surface area (Å²) in [7, 11) is 0. The summed E-state index contributed by atoms with van der Waals surface area (Å²) in [5, 5.41) is 0.769. The van der Waals surface area contributed by atoms with Crippen LogP contribution in [-0.4, -0.2) is 25.6 Å². The molecule has 1 aromatic carbocycles. The zero-order chi connectivity index (χ0) is 11.7. The average molecular weight is 255 g/mol. The average Bonchev–Trinajstić information content (AvgIpc) is 3.10. The van der Waals surface area contributed by atoms with Crippen LogP contribution in [0.1, 0.15) is 24.5 Å². The van der Waals surface area contributed by atoms with Gasteiger partial charge in [-0.3, -0.25) is 0 Å². The molecule has 1 aromatic rings. The lowest BCUT2D eigenvalue weighted by atomic mass is 10.1. The molecule has 0 bridgehead atoms. The van der Waals surface area contributed by atoms with Gasteiger partial charge in [0.25, 0.3) is 0 Å². The van der Waals surface area contributed by atoms with E-state index in [0.29, 0.717) is 0 Å². The van der Waals surface area contributed by atoms with E-state index in [2.05, 4.69) is 0 Å². The van der Waals surface area contributed by atoms with Crippen LogP contribution in [0.2, 0.25) is 5.02 Å². The highest BCUT2D eigenvalue weighted by atomic mass is 35.5. The molecule has 2 heterocycles. The molecule has 0 aromatic heterocycles. The fourth-order valence-corrected chi connectivity index (χ4v) is 2.41. The maximum atomic E-state index is 6.12. The molecule has 2 saturated heterocycles. The van der Waals surface area contributed by atoms with Crippen LogP contribution >= 0.6 is 11.6 Å². The third kappa shape index (κ3) is 2.63. The normalized spacial score (nSPS) is 29.2. The van der Waals surface area contributed by atoms with E-state index in [-0.39, 0.29) is 18.5 Å². The number of hydrogen-bond donors (Lipinski definition) is 0. The van der Waals surface area contributed by atoms with Crippen LogP contribution in [0.15, 0.2) is 24.3 Å². The molecule has 0 aliphatic carbocycles. The van der Waals surface area contributed by atoms with E-state index in [4.69, 9.17) is 25.8 Å². The number of benzene rings is 1. The van der Waals surface area contributed by atoms with E-state index in [9.17, 15) is 0 Å². The van der Waals surface area contributed by atoms with Crippen LogP contribution in [0.3, 0.4) is 0 Å². The Morgan fingerprint density at radius 3 is 2.71 bits per heavy atom. The lowest BCUT2D eigenvalue weighted by molar-refractivity contribution is -0.182. The van der Waals surface area contributed by atoms with Gasteiger partial charge in [-0.25, -0.2) is 0 Å². The molecule has 0 spiro atoms.